The van der Waals surface area contributed by atoms with Gasteiger partial charge in [0.25, 0.3) is 10.9 Å². The summed E-state index contributed by atoms with van der Waals surface area (Å²) in [6.07, 6.45) is 0.768. The number of amides is 1. The normalized spacial score (nSPS) is 18.4. The van der Waals surface area contributed by atoms with Gasteiger partial charge >= 0.3 is 0 Å². The minimum atomic E-state index is -0.613. The van der Waals surface area contributed by atoms with Crippen LogP contribution in [0.4, 0.5) is 11.4 Å². The molecule has 1 amide bonds. The number of ether oxygens (including phenoxy) is 1. The molecule has 2 aromatic rings. The van der Waals surface area contributed by atoms with Crippen LogP contribution in [0.5, 0.6) is 5.75 Å². The number of hydrogen-bond acceptors (Lipinski definition) is 5. The molecule has 1 N–H and O–H groups in total. The fourth-order valence-corrected chi connectivity index (χ4v) is 3.32. The van der Waals surface area contributed by atoms with Gasteiger partial charge in [0.15, 0.2) is 5.75 Å². The molecule has 0 spiro atoms. The van der Waals surface area contributed by atoms with Crippen molar-refractivity contribution >= 4 is 17.3 Å². The van der Waals surface area contributed by atoms with Crippen molar-refractivity contribution in [3.05, 3.63) is 50.3 Å². The van der Waals surface area contributed by atoms with Gasteiger partial charge in [-0.1, -0.05) is 38.5 Å². The molecule has 2 aromatic carbocycles. The molecule has 0 saturated carbocycles. The number of benzene rings is 1. The summed E-state index contributed by atoms with van der Waals surface area (Å²) in [5, 5.41) is 2.95. The topological polar surface area (TPSA) is 75.7 Å². The van der Waals surface area contributed by atoms with Gasteiger partial charge in [-0.25, -0.2) is 0 Å². The maximum atomic E-state index is 12.9. The number of fused-ring (bicyclic) bond motifs is 1. The second-order valence-corrected chi connectivity index (χ2v) is 6.37. The van der Waals surface area contributed by atoms with E-state index in [-0.39, 0.29) is 23.3 Å². The maximum Gasteiger partial charge on any atom is 0.272 e. The van der Waals surface area contributed by atoms with E-state index in [1.165, 1.54) is 0 Å². The summed E-state index contributed by atoms with van der Waals surface area (Å²) in [6.45, 7) is 6.40. The van der Waals surface area contributed by atoms with Crippen molar-refractivity contribution in [3.63, 3.8) is 0 Å². The first-order valence-corrected chi connectivity index (χ1v) is 8.61. The highest BCUT2D eigenvalue weighted by molar-refractivity contribution is 5.99. The van der Waals surface area contributed by atoms with Crippen molar-refractivity contribution in [1.29, 1.82) is 0 Å². The van der Waals surface area contributed by atoms with Gasteiger partial charge in [-0.15, -0.1) is 0 Å². The van der Waals surface area contributed by atoms with Gasteiger partial charge in [-0.3, -0.25) is 14.4 Å². The van der Waals surface area contributed by atoms with Gasteiger partial charge in [-0.2, -0.15) is 0 Å². The molecule has 0 radical (unpaired) electrons. The fourth-order valence-electron chi connectivity index (χ4n) is 3.32. The SMILES string of the molecule is CCOc1c(N2Cc3ccccc3NC(=O)[C@@H]2[C@@H](C)CC)c(=O)c1=O. The number of rotatable bonds is 5. The highest BCUT2D eigenvalue weighted by atomic mass is 16.5. The smallest absolute Gasteiger partial charge is 0.272 e. The predicted molar refractivity (Wildman–Crippen MR) is 97.0 cm³/mol. The molecule has 6 nitrogen and oxygen atoms in total. The van der Waals surface area contributed by atoms with Crippen LogP contribution >= 0.6 is 0 Å². The number of para-hydroxylation sites is 1. The number of carbonyl (C=O) groups is 1. The fraction of sp³-hybridized carbons (Fsp3) is 0.421. The molecule has 2 atom stereocenters. The molecule has 1 aliphatic rings. The molecule has 0 aliphatic carbocycles. The van der Waals surface area contributed by atoms with E-state index in [0.717, 1.165) is 17.7 Å². The van der Waals surface area contributed by atoms with Crippen molar-refractivity contribution in [2.75, 3.05) is 16.8 Å². The Hall–Kier alpha value is -2.63. The van der Waals surface area contributed by atoms with Crippen molar-refractivity contribution < 1.29 is 9.53 Å². The molecule has 3 rings (SSSR count). The molecular formula is C19H22N2O4. The molecule has 6 heteroatoms. The summed E-state index contributed by atoms with van der Waals surface area (Å²) in [5.41, 5.74) is 0.669. The predicted octanol–water partition coefficient (Wildman–Crippen LogP) is 2.05. The summed E-state index contributed by atoms with van der Waals surface area (Å²) in [7, 11) is 0. The summed E-state index contributed by atoms with van der Waals surface area (Å²) >= 11 is 0. The van der Waals surface area contributed by atoms with Crippen LogP contribution in [-0.4, -0.2) is 18.6 Å². The van der Waals surface area contributed by atoms with E-state index in [1.807, 2.05) is 38.1 Å². The molecule has 0 unspecified atom stereocenters. The first kappa shape index (κ1) is 17.2. The average molecular weight is 342 g/mol. The zero-order valence-electron chi connectivity index (χ0n) is 14.7. The van der Waals surface area contributed by atoms with E-state index in [9.17, 15) is 14.4 Å². The summed E-state index contributed by atoms with van der Waals surface area (Å²) < 4.78 is 5.39. The average Bonchev–Trinajstić information content (AvgIpc) is 2.75. The second-order valence-electron chi connectivity index (χ2n) is 6.37. The Kier molecular flexibility index (Phi) is 4.61. The van der Waals surface area contributed by atoms with Crippen LogP contribution in [0.15, 0.2) is 33.9 Å². The van der Waals surface area contributed by atoms with E-state index in [1.54, 1.807) is 11.8 Å². The minimum Gasteiger partial charge on any atom is -0.488 e. The summed E-state index contributed by atoms with van der Waals surface area (Å²) in [6, 6.07) is 6.96. The van der Waals surface area contributed by atoms with Gasteiger partial charge in [0, 0.05) is 12.2 Å². The Balaban J connectivity index is 2.13. The molecule has 0 fully saturated rings. The lowest BCUT2D eigenvalue weighted by molar-refractivity contribution is -0.118. The van der Waals surface area contributed by atoms with Crippen LogP contribution < -0.4 is 25.8 Å². The minimum absolute atomic E-state index is 0.00758. The molecule has 0 bridgehead atoms. The Bertz CT molecular complexity index is 867. The lowest BCUT2D eigenvalue weighted by Gasteiger charge is -2.35. The maximum absolute atomic E-state index is 12.9. The zero-order valence-corrected chi connectivity index (χ0v) is 14.7. The second kappa shape index (κ2) is 6.70. The molecule has 0 saturated heterocycles. The lowest BCUT2D eigenvalue weighted by atomic mass is 9.95. The Morgan fingerprint density at radius 2 is 1.92 bits per heavy atom. The van der Waals surface area contributed by atoms with Gasteiger partial charge in [0.1, 0.15) is 11.7 Å². The van der Waals surface area contributed by atoms with Crippen molar-refractivity contribution in [2.24, 2.45) is 5.92 Å². The van der Waals surface area contributed by atoms with Crippen molar-refractivity contribution in [2.45, 2.75) is 39.8 Å². The Morgan fingerprint density at radius 3 is 2.60 bits per heavy atom. The molecule has 1 aliphatic heterocycles. The standard InChI is InChI=1S/C19H22N2O4/c1-4-11(3)14-19(24)20-13-9-7-6-8-12(13)10-21(14)15-16(22)17(23)18(15)25-5-2/h6-9,11,14H,4-5,10H2,1-3H3,(H,20,24)/t11-,14-/m0/s1. The molecular weight excluding hydrogens is 320 g/mol. The highest BCUT2D eigenvalue weighted by Crippen LogP contribution is 2.33. The largest absolute Gasteiger partial charge is 0.488 e. The zero-order chi connectivity index (χ0) is 18.1. The van der Waals surface area contributed by atoms with Crippen LogP contribution in [0, 0.1) is 5.92 Å². The van der Waals surface area contributed by atoms with E-state index >= 15 is 0 Å². The third-order valence-electron chi connectivity index (χ3n) is 4.82. The molecule has 0 aromatic heterocycles. The Labute approximate surface area is 146 Å². The molecule has 25 heavy (non-hydrogen) atoms. The number of nitrogens with one attached hydrogen (secondary N) is 1. The first-order valence-electron chi connectivity index (χ1n) is 8.61. The van der Waals surface area contributed by atoms with Crippen LogP contribution in [0.2, 0.25) is 0 Å². The van der Waals surface area contributed by atoms with Crippen LogP contribution in [0.1, 0.15) is 32.8 Å². The van der Waals surface area contributed by atoms with Crippen LogP contribution in [0.25, 0.3) is 0 Å². The van der Waals surface area contributed by atoms with E-state index in [0.29, 0.717) is 13.2 Å². The molecule has 1 heterocycles. The third-order valence-corrected chi connectivity index (χ3v) is 4.82. The third kappa shape index (κ3) is 2.81. The lowest BCUT2D eigenvalue weighted by Crippen LogP contribution is -2.51. The summed E-state index contributed by atoms with van der Waals surface area (Å²) in [4.78, 5) is 38.8. The number of hydrogen-bond donors (Lipinski definition) is 1. The van der Waals surface area contributed by atoms with Crippen molar-refractivity contribution in [1.82, 2.24) is 0 Å². The van der Waals surface area contributed by atoms with Gasteiger partial charge < -0.3 is 15.0 Å². The van der Waals surface area contributed by atoms with E-state index in [4.69, 9.17) is 4.74 Å². The monoisotopic (exact) mass is 342 g/mol. The summed E-state index contributed by atoms with van der Waals surface area (Å²) in [5.74, 6) is -0.0871. The number of nitrogens with zero attached hydrogens (tertiary/aromatic N) is 1. The van der Waals surface area contributed by atoms with Gasteiger partial charge in [0.05, 0.1) is 6.61 Å². The van der Waals surface area contributed by atoms with Crippen LogP contribution in [-0.2, 0) is 11.3 Å². The highest BCUT2D eigenvalue weighted by Gasteiger charge is 2.39. The van der Waals surface area contributed by atoms with Gasteiger partial charge in [0.2, 0.25) is 5.91 Å². The number of anilines is 2. The first-order chi connectivity index (χ1) is 12.0. The van der Waals surface area contributed by atoms with Gasteiger partial charge in [-0.05, 0) is 24.5 Å². The number of carbonyl (C=O) groups excluding carboxylic acids is 1. The van der Waals surface area contributed by atoms with E-state index < -0.39 is 16.9 Å². The quantitative estimate of drug-likeness (QED) is 0.842. The van der Waals surface area contributed by atoms with Crippen LogP contribution in [0.3, 0.4) is 0 Å². The van der Waals surface area contributed by atoms with E-state index in [2.05, 4.69) is 5.32 Å². The van der Waals surface area contributed by atoms with Crippen molar-refractivity contribution in [3.8, 4) is 5.75 Å². The molecule has 132 valence electrons. The Morgan fingerprint density at radius 1 is 1.20 bits per heavy atom.